The summed E-state index contributed by atoms with van der Waals surface area (Å²) in [5.41, 5.74) is 7.22. The number of nitrogens with one attached hydrogen (secondary N) is 1. The van der Waals surface area contributed by atoms with Crippen molar-refractivity contribution in [3.8, 4) is 11.5 Å². The molecular formula is C25H27ClF2N4O6S. The van der Waals surface area contributed by atoms with E-state index in [0.717, 1.165) is 0 Å². The molecule has 0 heterocycles. The van der Waals surface area contributed by atoms with Crippen LogP contribution in [-0.2, 0) is 19.6 Å². The monoisotopic (exact) mass is 584 g/mol. The minimum absolute atomic E-state index is 0.0507. The summed E-state index contributed by atoms with van der Waals surface area (Å²) in [4.78, 5) is 24.8. The van der Waals surface area contributed by atoms with Crippen LogP contribution in [0, 0.1) is 11.6 Å². The summed E-state index contributed by atoms with van der Waals surface area (Å²) in [6.07, 6.45) is 5.70. The normalized spacial score (nSPS) is 12.0. The van der Waals surface area contributed by atoms with Gasteiger partial charge in [0.2, 0.25) is 15.9 Å². The van der Waals surface area contributed by atoms with Crippen LogP contribution in [0.25, 0.3) is 0 Å². The largest absolute Gasteiger partial charge is 0.451 e. The molecule has 10 nitrogen and oxygen atoms in total. The molecule has 0 spiro atoms. The van der Waals surface area contributed by atoms with Crippen molar-refractivity contribution >= 4 is 33.4 Å². The maximum Gasteiger partial charge on any atom is 0.258 e. The lowest BCUT2D eigenvalue weighted by molar-refractivity contribution is -0.129. The molecule has 39 heavy (non-hydrogen) atoms. The van der Waals surface area contributed by atoms with Gasteiger partial charge in [-0.3, -0.25) is 14.8 Å². The Morgan fingerprint density at radius 2 is 1.79 bits per heavy atom. The molecule has 0 bridgehead atoms. The van der Waals surface area contributed by atoms with E-state index >= 15 is 0 Å². The van der Waals surface area contributed by atoms with Gasteiger partial charge in [-0.05, 0) is 54.2 Å². The van der Waals surface area contributed by atoms with E-state index in [1.54, 1.807) is 6.08 Å². The minimum atomic E-state index is -4.69. The molecule has 0 aliphatic rings. The fourth-order valence-electron chi connectivity index (χ4n) is 3.18. The van der Waals surface area contributed by atoms with Crippen LogP contribution < -0.4 is 16.0 Å². The second-order valence-corrected chi connectivity index (χ2v) is 10.3. The summed E-state index contributed by atoms with van der Waals surface area (Å²) in [5.74, 6) is -4.97. The first kappa shape index (κ1) is 31.4. The molecule has 0 aliphatic carbocycles. The number of likely N-dealkylation sites (N-methyl/N-ethyl adjacent to an activating group) is 1. The SMILES string of the molecule is C=C/C=C(\C=C/N)CC(=O)N(C)CCN(CC(=O)NO)S(=O)(=O)c1cc(F)c(Oc2ccc(Cl)cc2)c(F)c1. The lowest BCUT2D eigenvalue weighted by Gasteiger charge is -2.25. The average Bonchev–Trinajstić information content (AvgIpc) is 2.89. The van der Waals surface area contributed by atoms with E-state index in [1.807, 2.05) is 0 Å². The number of hydroxylamine groups is 1. The molecule has 2 aromatic carbocycles. The van der Waals surface area contributed by atoms with E-state index in [0.29, 0.717) is 27.0 Å². The van der Waals surface area contributed by atoms with Crippen LogP contribution in [0.1, 0.15) is 6.42 Å². The Morgan fingerprint density at radius 1 is 1.18 bits per heavy atom. The minimum Gasteiger partial charge on any atom is -0.451 e. The number of hydrogen-bond donors (Lipinski definition) is 3. The van der Waals surface area contributed by atoms with E-state index in [1.165, 1.54) is 60.0 Å². The standard InChI is InChI=1S/C25H27ClF2N4O6S/c1-3-4-17(9-10-29)13-24(34)31(2)11-12-32(16-23(33)30-35)39(36,37)20-14-21(27)25(22(28)15-20)38-19-7-5-18(26)6-8-19/h3-10,14-15,35H,1,11-13,16,29H2,2H3,(H,30,33)/b10-9-,17-4+. The first-order valence-corrected chi connectivity index (χ1v) is 13.0. The molecule has 2 aromatic rings. The van der Waals surface area contributed by atoms with Gasteiger partial charge in [0.05, 0.1) is 17.9 Å². The number of hydrogen-bond acceptors (Lipinski definition) is 7. The van der Waals surface area contributed by atoms with E-state index in [-0.39, 0.29) is 18.7 Å². The number of carbonyl (C=O) groups excluding carboxylic acids is 2. The second kappa shape index (κ2) is 14.4. The number of nitrogens with two attached hydrogens (primary N) is 1. The summed E-state index contributed by atoms with van der Waals surface area (Å²) < 4.78 is 61.9. The summed E-state index contributed by atoms with van der Waals surface area (Å²) in [7, 11) is -3.29. The summed E-state index contributed by atoms with van der Waals surface area (Å²) in [5, 5.41) is 9.27. The van der Waals surface area contributed by atoms with E-state index < -0.39 is 57.2 Å². The third kappa shape index (κ3) is 8.89. The first-order chi connectivity index (χ1) is 18.4. The fraction of sp³-hybridized carbons (Fsp3) is 0.200. The molecule has 2 rings (SSSR count). The maximum absolute atomic E-state index is 14.8. The van der Waals surface area contributed by atoms with Crippen molar-refractivity contribution in [2.24, 2.45) is 5.73 Å². The van der Waals surface area contributed by atoms with Crippen molar-refractivity contribution in [3.63, 3.8) is 0 Å². The topological polar surface area (TPSA) is 142 Å². The highest BCUT2D eigenvalue weighted by atomic mass is 35.5. The van der Waals surface area contributed by atoms with Crippen molar-refractivity contribution < 1.29 is 36.7 Å². The van der Waals surface area contributed by atoms with E-state index in [4.69, 9.17) is 27.3 Å². The van der Waals surface area contributed by atoms with Crippen molar-refractivity contribution in [2.45, 2.75) is 11.3 Å². The Labute approximate surface area is 229 Å². The van der Waals surface area contributed by atoms with Gasteiger partial charge in [-0.1, -0.05) is 30.3 Å². The Kier molecular flexibility index (Phi) is 11.6. The van der Waals surface area contributed by atoms with Gasteiger partial charge in [-0.25, -0.2) is 22.7 Å². The molecule has 0 aromatic heterocycles. The van der Waals surface area contributed by atoms with Crippen LogP contribution in [0.15, 0.2) is 77.9 Å². The van der Waals surface area contributed by atoms with Gasteiger partial charge in [-0.15, -0.1) is 0 Å². The lowest BCUT2D eigenvalue weighted by atomic mass is 10.1. The molecular weight excluding hydrogens is 558 g/mol. The molecule has 210 valence electrons. The number of nitrogens with zero attached hydrogens (tertiary/aromatic N) is 2. The number of amides is 2. The highest BCUT2D eigenvalue weighted by molar-refractivity contribution is 7.89. The van der Waals surface area contributed by atoms with Crippen LogP contribution in [0.5, 0.6) is 11.5 Å². The number of allylic oxidation sites excluding steroid dienone is 3. The Balaban J connectivity index is 2.29. The van der Waals surface area contributed by atoms with Gasteiger partial charge in [0.15, 0.2) is 17.4 Å². The van der Waals surface area contributed by atoms with Crippen LogP contribution in [-0.4, -0.2) is 61.3 Å². The van der Waals surface area contributed by atoms with Crippen LogP contribution in [0.2, 0.25) is 5.02 Å². The number of carbonyl (C=O) groups is 2. The third-order valence-electron chi connectivity index (χ3n) is 5.20. The lowest BCUT2D eigenvalue weighted by Crippen LogP contribution is -2.44. The first-order valence-electron chi connectivity index (χ1n) is 11.2. The number of rotatable bonds is 13. The maximum atomic E-state index is 14.8. The molecule has 4 N–H and O–H groups in total. The summed E-state index contributed by atoms with van der Waals surface area (Å²) in [6.45, 7) is 2.01. The van der Waals surface area contributed by atoms with Crippen LogP contribution >= 0.6 is 11.6 Å². The molecule has 2 amide bonds. The Morgan fingerprint density at radius 3 is 2.33 bits per heavy atom. The number of halogens is 3. The molecule has 0 radical (unpaired) electrons. The van der Waals surface area contributed by atoms with Gasteiger partial charge in [-0.2, -0.15) is 4.31 Å². The third-order valence-corrected chi connectivity index (χ3v) is 7.27. The van der Waals surface area contributed by atoms with Crippen molar-refractivity contribution in [3.05, 3.63) is 89.6 Å². The van der Waals surface area contributed by atoms with Gasteiger partial charge in [0.1, 0.15) is 5.75 Å². The molecule has 14 heteroatoms. The smallest absolute Gasteiger partial charge is 0.258 e. The fourth-order valence-corrected chi connectivity index (χ4v) is 4.71. The van der Waals surface area contributed by atoms with Crippen molar-refractivity contribution in [1.82, 2.24) is 14.7 Å². The van der Waals surface area contributed by atoms with Crippen molar-refractivity contribution in [1.29, 1.82) is 0 Å². The van der Waals surface area contributed by atoms with E-state index in [9.17, 15) is 26.8 Å². The highest BCUT2D eigenvalue weighted by Crippen LogP contribution is 2.31. The predicted octanol–water partition coefficient (Wildman–Crippen LogP) is 3.34. The zero-order valence-electron chi connectivity index (χ0n) is 20.8. The van der Waals surface area contributed by atoms with Crippen molar-refractivity contribution in [2.75, 3.05) is 26.7 Å². The van der Waals surface area contributed by atoms with Crippen LogP contribution in [0.4, 0.5) is 8.78 Å². The Hall–Kier alpha value is -3.78. The van der Waals surface area contributed by atoms with Gasteiger partial charge in [0.25, 0.3) is 5.91 Å². The number of ether oxygens (including phenoxy) is 1. The average molecular weight is 585 g/mol. The second-order valence-electron chi connectivity index (χ2n) is 7.97. The van der Waals surface area contributed by atoms with E-state index in [2.05, 4.69) is 6.58 Å². The predicted molar refractivity (Wildman–Crippen MR) is 140 cm³/mol. The molecule has 0 unspecified atom stereocenters. The Bertz CT molecular complexity index is 1340. The van der Waals surface area contributed by atoms with Crippen LogP contribution in [0.3, 0.4) is 0 Å². The molecule has 0 saturated carbocycles. The van der Waals surface area contributed by atoms with Gasteiger partial charge < -0.3 is 15.4 Å². The molecule has 0 saturated heterocycles. The highest BCUT2D eigenvalue weighted by Gasteiger charge is 2.30. The molecule has 0 aliphatic heterocycles. The quantitative estimate of drug-likeness (QED) is 0.186. The van der Waals surface area contributed by atoms with Gasteiger partial charge >= 0.3 is 0 Å². The zero-order chi connectivity index (χ0) is 29.2. The molecule has 0 fully saturated rings. The summed E-state index contributed by atoms with van der Waals surface area (Å²) in [6, 6.07) is 6.66. The molecule has 0 atom stereocenters. The number of sulfonamides is 1. The zero-order valence-corrected chi connectivity index (χ0v) is 22.4. The summed E-state index contributed by atoms with van der Waals surface area (Å²) >= 11 is 5.78. The van der Waals surface area contributed by atoms with Gasteiger partial charge in [0, 0.05) is 25.2 Å². The number of benzene rings is 2.